The summed E-state index contributed by atoms with van der Waals surface area (Å²) in [7, 11) is 0. The average Bonchev–Trinajstić information content (AvgIpc) is 2.42. The highest BCUT2D eigenvalue weighted by Crippen LogP contribution is 2.20. The van der Waals surface area contributed by atoms with Crippen LogP contribution in [-0.4, -0.2) is 14.5 Å². The second-order valence-corrected chi connectivity index (χ2v) is 4.24. The minimum atomic E-state index is -0.116. The number of halogens is 1. The van der Waals surface area contributed by atoms with Crippen LogP contribution in [0.2, 0.25) is 0 Å². The number of aromatic amines is 1. The van der Waals surface area contributed by atoms with Gasteiger partial charge in [0.05, 0.1) is 0 Å². The van der Waals surface area contributed by atoms with Crippen LogP contribution in [0.1, 0.15) is 19.9 Å². The Morgan fingerprint density at radius 3 is 2.93 bits per heavy atom. The molecule has 2 aromatic rings. The Hall–Kier alpha value is -1.10. The summed E-state index contributed by atoms with van der Waals surface area (Å²) in [4.78, 5) is 18.5. The lowest BCUT2D eigenvalue weighted by atomic mass is 10.4. The van der Waals surface area contributed by atoms with Crippen LogP contribution in [0.3, 0.4) is 0 Å². The van der Waals surface area contributed by atoms with Crippen LogP contribution in [0.4, 0.5) is 0 Å². The van der Waals surface area contributed by atoms with Gasteiger partial charge in [-0.3, -0.25) is 4.57 Å². The molecule has 4 nitrogen and oxygen atoms in total. The van der Waals surface area contributed by atoms with Crippen LogP contribution in [0.25, 0.3) is 11.2 Å². The SMILES string of the molecule is CC(C)n1c(=O)[nH]c2c(Br)ccnc21. The van der Waals surface area contributed by atoms with Crippen molar-refractivity contribution in [2.45, 2.75) is 19.9 Å². The van der Waals surface area contributed by atoms with E-state index in [1.165, 1.54) is 0 Å². The Morgan fingerprint density at radius 1 is 1.57 bits per heavy atom. The lowest BCUT2D eigenvalue weighted by Crippen LogP contribution is -2.18. The van der Waals surface area contributed by atoms with Gasteiger partial charge < -0.3 is 4.98 Å². The minimum absolute atomic E-state index is 0.109. The van der Waals surface area contributed by atoms with E-state index in [-0.39, 0.29) is 11.7 Å². The van der Waals surface area contributed by atoms with Crippen molar-refractivity contribution in [3.05, 3.63) is 27.2 Å². The third-order valence-corrected chi connectivity index (χ3v) is 2.74. The Morgan fingerprint density at radius 2 is 2.29 bits per heavy atom. The first kappa shape index (κ1) is 9.45. The summed E-state index contributed by atoms with van der Waals surface area (Å²) in [6.45, 7) is 3.91. The predicted octanol–water partition coefficient (Wildman–Crippen LogP) is 2.07. The Labute approximate surface area is 89.1 Å². The smallest absolute Gasteiger partial charge is 0.303 e. The number of nitrogens with one attached hydrogen (secondary N) is 1. The molecule has 0 amide bonds. The fraction of sp³-hybridized carbons (Fsp3) is 0.333. The molecule has 0 saturated carbocycles. The lowest BCUT2D eigenvalue weighted by molar-refractivity contribution is 0.593. The molecule has 2 heterocycles. The zero-order valence-electron chi connectivity index (χ0n) is 7.91. The Balaban J connectivity index is 2.91. The molecule has 5 heteroatoms. The standard InChI is InChI=1S/C9H10BrN3O/c1-5(2)13-8-7(12-9(13)14)6(10)3-4-11-8/h3-5H,1-2H3,(H,12,14). The number of aromatic nitrogens is 3. The van der Waals surface area contributed by atoms with Crippen LogP contribution in [0, 0.1) is 0 Å². The molecule has 14 heavy (non-hydrogen) atoms. The highest BCUT2D eigenvalue weighted by atomic mass is 79.9. The molecule has 0 unspecified atom stereocenters. The van der Waals surface area contributed by atoms with Crippen LogP contribution in [0.15, 0.2) is 21.5 Å². The third kappa shape index (κ3) is 1.28. The highest BCUT2D eigenvalue weighted by Gasteiger charge is 2.11. The van der Waals surface area contributed by atoms with Gasteiger partial charge in [0, 0.05) is 16.7 Å². The molecule has 2 aromatic heterocycles. The second kappa shape index (κ2) is 3.24. The molecule has 0 aliphatic rings. The van der Waals surface area contributed by atoms with Gasteiger partial charge in [0.2, 0.25) is 0 Å². The maximum Gasteiger partial charge on any atom is 0.327 e. The summed E-state index contributed by atoms with van der Waals surface area (Å²) in [5, 5.41) is 0. The van der Waals surface area contributed by atoms with Crippen molar-refractivity contribution in [2.24, 2.45) is 0 Å². The van der Waals surface area contributed by atoms with Crippen LogP contribution in [0.5, 0.6) is 0 Å². The molecule has 0 aliphatic heterocycles. The number of H-pyrrole nitrogens is 1. The Bertz CT molecular complexity index is 526. The fourth-order valence-electron chi connectivity index (χ4n) is 1.47. The largest absolute Gasteiger partial charge is 0.327 e. The Kier molecular flexibility index (Phi) is 2.19. The van der Waals surface area contributed by atoms with E-state index in [1.807, 2.05) is 19.9 Å². The molecule has 74 valence electrons. The number of rotatable bonds is 1. The van der Waals surface area contributed by atoms with Crippen molar-refractivity contribution in [1.82, 2.24) is 14.5 Å². The molecule has 0 fully saturated rings. The molecule has 0 saturated heterocycles. The van der Waals surface area contributed by atoms with E-state index >= 15 is 0 Å². The molecule has 0 atom stereocenters. The van der Waals surface area contributed by atoms with Crippen LogP contribution >= 0.6 is 15.9 Å². The maximum atomic E-state index is 11.6. The number of hydrogen-bond donors (Lipinski definition) is 1. The monoisotopic (exact) mass is 255 g/mol. The second-order valence-electron chi connectivity index (χ2n) is 3.39. The van der Waals surface area contributed by atoms with Crippen molar-refractivity contribution < 1.29 is 0 Å². The van der Waals surface area contributed by atoms with Gasteiger partial charge >= 0.3 is 5.69 Å². The quantitative estimate of drug-likeness (QED) is 0.849. The zero-order valence-corrected chi connectivity index (χ0v) is 9.50. The number of nitrogens with zero attached hydrogens (tertiary/aromatic N) is 2. The molecule has 0 bridgehead atoms. The number of fused-ring (bicyclic) bond motifs is 1. The minimum Gasteiger partial charge on any atom is -0.303 e. The van der Waals surface area contributed by atoms with Gasteiger partial charge in [0.25, 0.3) is 0 Å². The molecule has 0 aromatic carbocycles. The van der Waals surface area contributed by atoms with E-state index in [4.69, 9.17) is 0 Å². The normalized spacial score (nSPS) is 11.4. The summed E-state index contributed by atoms with van der Waals surface area (Å²) in [6.07, 6.45) is 1.68. The van der Waals surface area contributed by atoms with E-state index in [0.717, 1.165) is 9.99 Å². The highest BCUT2D eigenvalue weighted by molar-refractivity contribution is 9.10. The van der Waals surface area contributed by atoms with Crippen molar-refractivity contribution in [3.63, 3.8) is 0 Å². The van der Waals surface area contributed by atoms with Gasteiger partial charge in [-0.2, -0.15) is 0 Å². The summed E-state index contributed by atoms with van der Waals surface area (Å²) in [5.41, 5.74) is 1.33. The van der Waals surface area contributed by atoms with E-state index < -0.39 is 0 Å². The first-order valence-corrected chi connectivity index (χ1v) is 5.15. The molecular formula is C9H10BrN3O. The maximum absolute atomic E-state index is 11.6. The lowest BCUT2D eigenvalue weighted by Gasteiger charge is -2.05. The first-order chi connectivity index (χ1) is 6.61. The topological polar surface area (TPSA) is 50.7 Å². The van der Waals surface area contributed by atoms with Gasteiger partial charge in [-0.25, -0.2) is 9.78 Å². The summed E-state index contributed by atoms with van der Waals surface area (Å²) in [5.74, 6) is 0. The van der Waals surface area contributed by atoms with Gasteiger partial charge in [-0.1, -0.05) is 0 Å². The molecule has 0 radical (unpaired) electrons. The fourth-order valence-corrected chi connectivity index (χ4v) is 1.86. The van der Waals surface area contributed by atoms with E-state index in [0.29, 0.717) is 5.65 Å². The third-order valence-electron chi connectivity index (χ3n) is 2.08. The van der Waals surface area contributed by atoms with Crippen LogP contribution < -0.4 is 5.69 Å². The number of pyridine rings is 1. The van der Waals surface area contributed by atoms with E-state index in [9.17, 15) is 4.79 Å². The van der Waals surface area contributed by atoms with Crippen molar-refractivity contribution >= 4 is 27.1 Å². The molecule has 0 spiro atoms. The summed E-state index contributed by atoms with van der Waals surface area (Å²) in [6, 6.07) is 1.92. The predicted molar refractivity (Wildman–Crippen MR) is 58.4 cm³/mol. The van der Waals surface area contributed by atoms with Gasteiger partial charge in [-0.05, 0) is 35.8 Å². The van der Waals surface area contributed by atoms with E-state index in [2.05, 4.69) is 25.9 Å². The molecule has 0 aliphatic carbocycles. The van der Waals surface area contributed by atoms with Gasteiger partial charge in [-0.15, -0.1) is 0 Å². The van der Waals surface area contributed by atoms with Crippen LogP contribution in [-0.2, 0) is 0 Å². The van der Waals surface area contributed by atoms with Gasteiger partial charge in [0.15, 0.2) is 5.65 Å². The molecular weight excluding hydrogens is 246 g/mol. The van der Waals surface area contributed by atoms with Crippen molar-refractivity contribution in [1.29, 1.82) is 0 Å². The average molecular weight is 256 g/mol. The molecule has 2 rings (SSSR count). The number of hydrogen-bond acceptors (Lipinski definition) is 2. The van der Waals surface area contributed by atoms with Gasteiger partial charge in [0.1, 0.15) is 5.52 Å². The number of imidazole rings is 1. The summed E-state index contributed by atoms with van der Waals surface area (Å²) >= 11 is 3.37. The van der Waals surface area contributed by atoms with Crippen molar-refractivity contribution in [2.75, 3.05) is 0 Å². The summed E-state index contributed by atoms with van der Waals surface area (Å²) < 4.78 is 2.50. The van der Waals surface area contributed by atoms with E-state index in [1.54, 1.807) is 10.8 Å². The first-order valence-electron chi connectivity index (χ1n) is 4.36. The van der Waals surface area contributed by atoms with Crippen molar-refractivity contribution in [3.8, 4) is 0 Å². The zero-order chi connectivity index (χ0) is 10.3. The molecule has 1 N–H and O–H groups in total.